The van der Waals surface area contributed by atoms with E-state index >= 15 is 0 Å². The van der Waals surface area contributed by atoms with Gasteiger partial charge in [0.2, 0.25) is 0 Å². The predicted octanol–water partition coefficient (Wildman–Crippen LogP) is 3.55. The number of thioether (sulfide) groups is 1. The summed E-state index contributed by atoms with van der Waals surface area (Å²) in [6.45, 7) is 3.12. The number of nitrogens with one attached hydrogen (secondary N) is 1. The molecule has 5 heteroatoms. The lowest BCUT2D eigenvalue weighted by Crippen LogP contribution is -2.59. The molecular weight excluding hydrogens is 368 g/mol. The van der Waals surface area contributed by atoms with E-state index in [9.17, 15) is 4.79 Å². The van der Waals surface area contributed by atoms with Crippen LogP contribution in [0.3, 0.4) is 0 Å². The van der Waals surface area contributed by atoms with Gasteiger partial charge in [0.05, 0.1) is 6.61 Å². The first kappa shape index (κ1) is 19.0. The van der Waals surface area contributed by atoms with Gasteiger partial charge >= 0.3 is 0 Å². The number of nitrogens with zero attached hydrogens (tertiary/aromatic N) is 1. The zero-order valence-electron chi connectivity index (χ0n) is 16.8. The molecule has 28 heavy (non-hydrogen) atoms. The van der Waals surface area contributed by atoms with E-state index < -0.39 is 0 Å². The average molecular weight is 401 g/mol. The number of hydrogen-bond acceptors (Lipinski definition) is 4. The summed E-state index contributed by atoms with van der Waals surface area (Å²) in [4.78, 5) is 16.7. The molecule has 1 unspecified atom stereocenters. The highest BCUT2D eigenvalue weighted by atomic mass is 32.2. The molecule has 1 aromatic rings. The normalized spacial score (nSPS) is 37.2. The Morgan fingerprint density at radius 1 is 1.11 bits per heavy atom. The van der Waals surface area contributed by atoms with Gasteiger partial charge in [0, 0.05) is 30.6 Å². The van der Waals surface area contributed by atoms with E-state index in [0.717, 1.165) is 36.8 Å². The van der Waals surface area contributed by atoms with E-state index in [-0.39, 0.29) is 12.0 Å². The molecule has 1 amide bonds. The minimum Gasteiger partial charge on any atom is -0.366 e. The fourth-order valence-electron chi connectivity index (χ4n) is 6.41. The van der Waals surface area contributed by atoms with Crippen LogP contribution in [0.5, 0.6) is 0 Å². The third kappa shape index (κ3) is 3.86. The number of morpholine rings is 1. The first-order valence-corrected chi connectivity index (χ1v) is 12.2. The van der Waals surface area contributed by atoms with Gasteiger partial charge in [-0.05, 0) is 79.7 Å². The second-order valence-corrected chi connectivity index (χ2v) is 10.3. The van der Waals surface area contributed by atoms with Crippen LogP contribution < -0.4 is 5.32 Å². The van der Waals surface area contributed by atoms with Crippen LogP contribution >= 0.6 is 11.8 Å². The van der Waals surface area contributed by atoms with Gasteiger partial charge in [-0.2, -0.15) is 0 Å². The SMILES string of the molecule is CSc1ccc(CN2CCOC(C(=O)NC3C4CC5CC(C4)CC3C5)C2)cc1. The molecule has 6 rings (SSSR count). The van der Waals surface area contributed by atoms with Crippen LogP contribution in [0.1, 0.15) is 37.7 Å². The number of amides is 1. The third-order valence-corrected chi connectivity index (χ3v) is 8.29. The molecule has 1 saturated heterocycles. The van der Waals surface area contributed by atoms with Crippen molar-refractivity contribution in [3.8, 4) is 0 Å². The zero-order valence-corrected chi connectivity index (χ0v) is 17.6. The van der Waals surface area contributed by atoms with Crippen molar-refractivity contribution >= 4 is 17.7 Å². The molecule has 152 valence electrons. The van der Waals surface area contributed by atoms with Gasteiger partial charge < -0.3 is 10.1 Å². The Labute approximate surface area is 172 Å². The van der Waals surface area contributed by atoms with E-state index in [1.54, 1.807) is 11.8 Å². The van der Waals surface area contributed by atoms with Crippen LogP contribution in [-0.4, -0.2) is 48.9 Å². The maximum Gasteiger partial charge on any atom is 0.250 e. The van der Waals surface area contributed by atoms with Crippen LogP contribution in [0.25, 0.3) is 0 Å². The molecule has 4 saturated carbocycles. The fourth-order valence-corrected chi connectivity index (χ4v) is 6.82. The lowest BCUT2D eigenvalue weighted by molar-refractivity contribution is -0.142. The Kier molecular flexibility index (Phi) is 5.42. The monoisotopic (exact) mass is 400 g/mol. The largest absolute Gasteiger partial charge is 0.366 e. The Balaban J connectivity index is 1.17. The molecule has 0 aromatic heterocycles. The smallest absolute Gasteiger partial charge is 0.250 e. The molecule has 4 aliphatic carbocycles. The number of rotatable bonds is 5. The minimum absolute atomic E-state index is 0.125. The van der Waals surface area contributed by atoms with Crippen molar-refractivity contribution in [1.82, 2.24) is 10.2 Å². The summed E-state index contributed by atoms with van der Waals surface area (Å²) in [6.07, 6.45) is 8.57. The highest BCUT2D eigenvalue weighted by Gasteiger charge is 2.49. The highest BCUT2D eigenvalue weighted by Crippen LogP contribution is 2.53. The molecular formula is C23H32N2O2S. The molecule has 5 aliphatic rings. The van der Waals surface area contributed by atoms with Crippen LogP contribution in [0.2, 0.25) is 0 Å². The van der Waals surface area contributed by atoms with Crippen molar-refractivity contribution in [2.45, 2.75) is 55.7 Å². The molecule has 5 fully saturated rings. The molecule has 1 atom stereocenters. The second kappa shape index (κ2) is 8.00. The van der Waals surface area contributed by atoms with Crippen LogP contribution in [0.4, 0.5) is 0 Å². The molecule has 1 N–H and O–H groups in total. The van der Waals surface area contributed by atoms with Crippen molar-refractivity contribution in [3.05, 3.63) is 29.8 Å². The standard InChI is InChI=1S/C23H32N2O2S/c1-28-20-4-2-15(3-5-20)13-25-6-7-27-21(14-25)23(26)24-22-18-9-16-8-17(11-18)12-19(22)10-16/h2-5,16-19,21-22H,6-14H2,1H3,(H,24,26). The molecule has 0 spiro atoms. The maximum atomic E-state index is 13.0. The molecule has 4 bridgehead atoms. The van der Waals surface area contributed by atoms with Crippen molar-refractivity contribution in [3.63, 3.8) is 0 Å². The molecule has 0 radical (unpaired) electrons. The summed E-state index contributed by atoms with van der Waals surface area (Å²) in [6, 6.07) is 9.16. The quantitative estimate of drug-likeness (QED) is 0.768. The van der Waals surface area contributed by atoms with Crippen LogP contribution in [-0.2, 0) is 16.1 Å². The van der Waals surface area contributed by atoms with E-state index in [0.29, 0.717) is 19.2 Å². The van der Waals surface area contributed by atoms with Crippen LogP contribution in [0, 0.1) is 23.7 Å². The highest BCUT2D eigenvalue weighted by molar-refractivity contribution is 7.98. The molecule has 1 heterocycles. The van der Waals surface area contributed by atoms with Gasteiger partial charge in [0.1, 0.15) is 6.10 Å². The van der Waals surface area contributed by atoms with Crippen molar-refractivity contribution in [1.29, 1.82) is 0 Å². The molecule has 4 nitrogen and oxygen atoms in total. The second-order valence-electron chi connectivity index (χ2n) is 9.41. The topological polar surface area (TPSA) is 41.6 Å². The lowest BCUT2D eigenvalue weighted by atomic mass is 9.54. The minimum atomic E-state index is -0.323. The van der Waals surface area contributed by atoms with Gasteiger partial charge in [0.25, 0.3) is 5.91 Å². The van der Waals surface area contributed by atoms with Crippen molar-refractivity contribution < 1.29 is 9.53 Å². The molecule has 1 aromatic carbocycles. The first-order chi connectivity index (χ1) is 13.7. The molecule has 1 aliphatic heterocycles. The fraction of sp³-hybridized carbons (Fsp3) is 0.696. The number of carbonyl (C=O) groups excluding carboxylic acids is 1. The Hall–Kier alpha value is -1.04. The van der Waals surface area contributed by atoms with E-state index in [2.05, 4.69) is 40.7 Å². The van der Waals surface area contributed by atoms with Crippen LogP contribution in [0.15, 0.2) is 29.2 Å². The van der Waals surface area contributed by atoms with Gasteiger partial charge in [-0.15, -0.1) is 11.8 Å². The average Bonchev–Trinajstić information content (AvgIpc) is 2.71. The first-order valence-electron chi connectivity index (χ1n) is 10.9. The summed E-state index contributed by atoms with van der Waals surface area (Å²) < 4.78 is 5.88. The summed E-state index contributed by atoms with van der Waals surface area (Å²) in [7, 11) is 0. The zero-order chi connectivity index (χ0) is 19.1. The number of benzene rings is 1. The summed E-state index contributed by atoms with van der Waals surface area (Å²) in [5.41, 5.74) is 1.31. The van der Waals surface area contributed by atoms with Gasteiger partial charge in [-0.3, -0.25) is 9.69 Å². The van der Waals surface area contributed by atoms with E-state index in [1.807, 2.05) is 0 Å². The van der Waals surface area contributed by atoms with E-state index in [1.165, 1.54) is 42.6 Å². The maximum absolute atomic E-state index is 13.0. The Morgan fingerprint density at radius 2 is 1.79 bits per heavy atom. The third-order valence-electron chi connectivity index (χ3n) is 7.54. The van der Waals surface area contributed by atoms with E-state index in [4.69, 9.17) is 4.74 Å². The van der Waals surface area contributed by atoms with Crippen molar-refractivity contribution in [2.24, 2.45) is 23.7 Å². The summed E-state index contributed by atoms with van der Waals surface area (Å²) in [5, 5.41) is 3.44. The van der Waals surface area contributed by atoms with Crippen molar-refractivity contribution in [2.75, 3.05) is 26.0 Å². The Morgan fingerprint density at radius 3 is 2.43 bits per heavy atom. The number of carbonyl (C=O) groups is 1. The predicted molar refractivity (Wildman–Crippen MR) is 112 cm³/mol. The Bertz CT molecular complexity index is 679. The van der Waals surface area contributed by atoms with Gasteiger partial charge in [0.15, 0.2) is 0 Å². The number of hydrogen-bond donors (Lipinski definition) is 1. The summed E-state index contributed by atoms with van der Waals surface area (Å²) in [5.74, 6) is 3.44. The van der Waals surface area contributed by atoms with Gasteiger partial charge in [-0.25, -0.2) is 0 Å². The summed E-state index contributed by atoms with van der Waals surface area (Å²) >= 11 is 1.77. The van der Waals surface area contributed by atoms with Gasteiger partial charge in [-0.1, -0.05) is 12.1 Å². The number of ether oxygens (including phenoxy) is 1. The lowest BCUT2D eigenvalue weighted by Gasteiger charge is -2.54.